The van der Waals surface area contributed by atoms with Gasteiger partial charge in [0, 0.05) is 66.8 Å². The van der Waals surface area contributed by atoms with Crippen molar-refractivity contribution in [3.05, 3.63) is 59.0 Å². The molecule has 6 nitrogen and oxygen atoms in total. The Hall–Kier alpha value is -2.77. The third-order valence-electron chi connectivity index (χ3n) is 6.15. The van der Waals surface area contributed by atoms with Crippen LogP contribution in [0.15, 0.2) is 36.4 Å². The molecule has 1 fully saturated rings. The van der Waals surface area contributed by atoms with Crippen molar-refractivity contribution in [2.75, 3.05) is 42.1 Å². The molecule has 1 saturated heterocycles. The zero-order chi connectivity index (χ0) is 23.0. The van der Waals surface area contributed by atoms with E-state index in [1.165, 1.54) is 0 Å². The van der Waals surface area contributed by atoms with Crippen LogP contribution < -0.4 is 16.0 Å². The number of nitrogens with zero attached hydrogens (tertiary/aromatic N) is 3. The molecule has 34 heavy (non-hydrogen) atoms. The lowest BCUT2D eigenvalue weighted by Gasteiger charge is -2.35. The molecule has 3 N–H and O–H groups in total. The first kappa shape index (κ1) is 27.5. The number of aryl methyl sites for hydroxylation is 2. The molecule has 0 spiro atoms. The Morgan fingerprint density at radius 3 is 2.41 bits per heavy atom. The van der Waals surface area contributed by atoms with Crippen molar-refractivity contribution in [2.24, 2.45) is 0 Å². The number of rotatable bonds is 4. The normalized spacial score (nSPS) is 14.3. The molecular weight excluding hydrogens is 476 g/mol. The minimum absolute atomic E-state index is 0. The topological polar surface area (TPSA) is 74.5 Å². The first-order chi connectivity index (χ1) is 15.2. The van der Waals surface area contributed by atoms with Crippen LogP contribution in [0.2, 0.25) is 0 Å². The molecule has 1 aliphatic rings. The van der Waals surface area contributed by atoms with Crippen LogP contribution in [-0.2, 0) is 4.79 Å². The first-order valence-corrected chi connectivity index (χ1v) is 11.0. The van der Waals surface area contributed by atoms with Gasteiger partial charge in [-0.3, -0.25) is 9.78 Å². The van der Waals surface area contributed by atoms with Crippen molar-refractivity contribution in [1.29, 1.82) is 0 Å². The van der Waals surface area contributed by atoms with Gasteiger partial charge in [-0.2, -0.15) is 0 Å². The van der Waals surface area contributed by atoms with Crippen molar-refractivity contribution in [2.45, 2.75) is 33.7 Å². The lowest BCUT2D eigenvalue weighted by atomic mass is 10.0. The van der Waals surface area contributed by atoms with Gasteiger partial charge in [-0.1, -0.05) is 0 Å². The third-order valence-corrected chi connectivity index (χ3v) is 6.15. The minimum atomic E-state index is -0.273. The predicted octanol–water partition coefficient (Wildman–Crippen LogP) is 5.26. The van der Waals surface area contributed by atoms with Gasteiger partial charge in [-0.25, -0.2) is 4.39 Å². The number of hydrogen-bond donors (Lipinski definition) is 2. The number of nitrogen functional groups attached to an aromatic ring is 1. The van der Waals surface area contributed by atoms with Crippen LogP contribution >= 0.6 is 24.8 Å². The highest BCUT2D eigenvalue weighted by Gasteiger charge is 2.20. The minimum Gasteiger partial charge on any atom is -0.399 e. The summed E-state index contributed by atoms with van der Waals surface area (Å²) < 4.78 is 14.8. The summed E-state index contributed by atoms with van der Waals surface area (Å²) in [5.41, 5.74) is 11.4. The van der Waals surface area contributed by atoms with Gasteiger partial charge in [-0.15, -0.1) is 24.8 Å². The molecule has 9 heteroatoms. The maximum atomic E-state index is 14.8. The second kappa shape index (κ2) is 11.1. The monoisotopic (exact) mass is 507 g/mol. The van der Waals surface area contributed by atoms with Crippen LogP contribution in [0, 0.1) is 19.7 Å². The van der Waals surface area contributed by atoms with Gasteiger partial charge in [0.05, 0.1) is 11.6 Å². The summed E-state index contributed by atoms with van der Waals surface area (Å²) in [6, 6.07) is 11.3. The van der Waals surface area contributed by atoms with Gasteiger partial charge in [0.15, 0.2) is 0 Å². The highest BCUT2D eigenvalue weighted by atomic mass is 35.5. The molecule has 0 saturated carbocycles. The van der Waals surface area contributed by atoms with E-state index in [-0.39, 0.29) is 42.6 Å². The number of nitrogens with two attached hydrogens (primary N) is 1. The number of amides is 1. The zero-order valence-corrected chi connectivity index (χ0v) is 21.5. The standard InChI is InChI=1S/C25H30FN5O.2ClH/c1-15-11-19(27)13-21(25(15)26)17(3)29-24-12-16(2)28-23-6-5-20(14-22(23)24)31-9-7-30(8-10-31)18(4)32;;/h5-6,11-14,17H,7-10,27H2,1-4H3,(H,28,29);2*1H/t17-;;/m1../s1. The van der Waals surface area contributed by atoms with E-state index in [1.54, 1.807) is 26.0 Å². The molecular formula is C25H32Cl2FN5O. The lowest BCUT2D eigenvalue weighted by Crippen LogP contribution is -2.48. The molecule has 0 bridgehead atoms. The smallest absolute Gasteiger partial charge is 0.219 e. The molecule has 0 unspecified atom stereocenters. The Morgan fingerprint density at radius 2 is 1.76 bits per heavy atom. The number of nitrogens with one attached hydrogen (secondary N) is 1. The Kier molecular flexibility index (Phi) is 8.97. The summed E-state index contributed by atoms with van der Waals surface area (Å²) in [7, 11) is 0. The molecule has 1 aliphatic heterocycles. The summed E-state index contributed by atoms with van der Waals surface area (Å²) in [5, 5.41) is 4.46. The quantitative estimate of drug-likeness (QED) is 0.471. The number of anilines is 3. The summed E-state index contributed by atoms with van der Waals surface area (Å²) in [6.45, 7) is 10.2. The Morgan fingerprint density at radius 1 is 1.09 bits per heavy atom. The molecule has 2 heterocycles. The predicted molar refractivity (Wildman–Crippen MR) is 143 cm³/mol. The summed E-state index contributed by atoms with van der Waals surface area (Å²) in [6.07, 6.45) is 0. The molecule has 0 radical (unpaired) electrons. The summed E-state index contributed by atoms with van der Waals surface area (Å²) in [4.78, 5) is 20.5. The fourth-order valence-electron chi connectivity index (χ4n) is 4.39. The third kappa shape index (κ3) is 5.65. The van der Waals surface area contributed by atoms with E-state index < -0.39 is 0 Å². The van der Waals surface area contributed by atoms with Crippen molar-refractivity contribution in [1.82, 2.24) is 9.88 Å². The van der Waals surface area contributed by atoms with Gasteiger partial charge in [-0.05, 0) is 62.7 Å². The number of fused-ring (bicyclic) bond motifs is 1. The molecule has 2 aromatic carbocycles. The van der Waals surface area contributed by atoms with Gasteiger partial charge >= 0.3 is 0 Å². The number of carbonyl (C=O) groups is 1. The van der Waals surface area contributed by atoms with E-state index in [2.05, 4.69) is 27.3 Å². The van der Waals surface area contributed by atoms with Crippen molar-refractivity contribution in [3.8, 4) is 0 Å². The van der Waals surface area contributed by atoms with Gasteiger partial charge < -0.3 is 20.9 Å². The largest absolute Gasteiger partial charge is 0.399 e. The average Bonchev–Trinajstić information content (AvgIpc) is 2.76. The van der Waals surface area contributed by atoms with Crippen molar-refractivity contribution >= 4 is 58.7 Å². The van der Waals surface area contributed by atoms with Crippen molar-refractivity contribution in [3.63, 3.8) is 0 Å². The first-order valence-electron chi connectivity index (χ1n) is 11.0. The number of halogens is 3. The van der Waals surface area contributed by atoms with Gasteiger partial charge in [0.1, 0.15) is 5.82 Å². The van der Waals surface area contributed by atoms with E-state index in [0.29, 0.717) is 16.8 Å². The van der Waals surface area contributed by atoms with E-state index >= 15 is 0 Å². The summed E-state index contributed by atoms with van der Waals surface area (Å²) >= 11 is 0. The number of aromatic nitrogens is 1. The van der Waals surface area contributed by atoms with Crippen molar-refractivity contribution < 1.29 is 9.18 Å². The molecule has 4 rings (SSSR count). The highest BCUT2D eigenvalue weighted by molar-refractivity contribution is 5.94. The van der Waals surface area contributed by atoms with E-state index in [9.17, 15) is 9.18 Å². The zero-order valence-electron chi connectivity index (χ0n) is 19.9. The molecule has 0 aliphatic carbocycles. The molecule has 184 valence electrons. The molecule has 1 aromatic heterocycles. The maximum Gasteiger partial charge on any atom is 0.219 e. The van der Waals surface area contributed by atoms with E-state index in [0.717, 1.165) is 54.2 Å². The number of hydrogen-bond acceptors (Lipinski definition) is 5. The number of pyridine rings is 1. The summed E-state index contributed by atoms with van der Waals surface area (Å²) in [5.74, 6) is -0.120. The van der Waals surface area contributed by atoms with Crippen LogP contribution in [-0.4, -0.2) is 42.0 Å². The van der Waals surface area contributed by atoms with Gasteiger partial charge in [0.2, 0.25) is 5.91 Å². The maximum absolute atomic E-state index is 14.8. The average molecular weight is 508 g/mol. The molecule has 1 amide bonds. The fourth-order valence-corrected chi connectivity index (χ4v) is 4.39. The Labute approximate surface area is 212 Å². The second-order valence-electron chi connectivity index (χ2n) is 8.61. The lowest BCUT2D eigenvalue weighted by molar-refractivity contribution is -0.129. The molecule has 1 atom stereocenters. The van der Waals surface area contributed by atoms with Gasteiger partial charge in [0.25, 0.3) is 0 Å². The van der Waals surface area contributed by atoms with Crippen LogP contribution in [0.4, 0.5) is 21.5 Å². The van der Waals surface area contributed by atoms with E-state index in [4.69, 9.17) is 5.73 Å². The SMILES string of the molecule is CC(=O)N1CCN(c2ccc3nc(C)cc(N[C@H](C)c4cc(N)cc(C)c4F)c3c2)CC1.Cl.Cl. The number of benzene rings is 2. The second-order valence-corrected chi connectivity index (χ2v) is 8.61. The van der Waals surface area contributed by atoms with Crippen LogP contribution in [0.25, 0.3) is 10.9 Å². The highest BCUT2D eigenvalue weighted by Crippen LogP contribution is 2.32. The van der Waals surface area contributed by atoms with Crippen LogP contribution in [0.5, 0.6) is 0 Å². The van der Waals surface area contributed by atoms with Crippen LogP contribution in [0.3, 0.4) is 0 Å². The van der Waals surface area contributed by atoms with E-state index in [1.807, 2.05) is 30.9 Å². The number of piperazine rings is 1. The fraction of sp³-hybridized carbons (Fsp3) is 0.360. The Bertz CT molecular complexity index is 1180. The number of carbonyl (C=O) groups excluding carboxylic acids is 1. The molecule has 3 aromatic rings. The Balaban J connectivity index is 0.00000204. The van der Waals surface area contributed by atoms with Crippen LogP contribution in [0.1, 0.15) is 36.7 Å².